The first-order valence-electron chi connectivity index (χ1n) is 20.5. The van der Waals surface area contributed by atoms with Gasteiger partial charge in [0.05, 0.1) is 18.8 Å². The van der Waals surface area contributed by atoms with Gasteiger partial charge in [-0.3, -0.25) is 4.79 Å². The fourth-order valence-corrected chi connectivity index (χ4v) is 5.86. The summed E-state index contributed by atoms with van der Waals surface area (Å²) < 4.78 is 0. The number of amides is 1. The number of carbonyl (C=O) groups is 1. The molecule has 0 aliphatic rings. The van der Waals surface area contributed by atoms with Gasteiger partial charge in [-0.1, -0.05) is 172 Å². The summed E-state index contributed by atoms with van der Waals surface area (Å²) >= 11 is 0. The molecule has 0 rings (SSSR count). The Kier molecular flexibility index (Phi) is 36.8. The van der Waals surface area contributed by atoms with Crippen LogP contribution < -0.4 is 5.32 Å². The molecule has 0 heterocycles. The molecule has 0 aliphatic heterocycles. The second-order valence-corrected chi connectivity index (χ2v) is 13.8. The zero-order valence-electron chi connectivity index (χ0n) is 31.6. The van der Waals surface area contributed by atoms with Crippen LogP contribution in [0.4, 0.5) is 0 Å². The van der Waals surface area contributed by atoms with E-state index in [9.17, 15) is 20.1 Å². The van der Waals surface area contributed by atoms with Crippen LogP contribution >= 0.6 is 0 Å². The average molecular weight is 674 g/mol. The number of hydrogen-bond donors (Lipinski definition) is 4. The minimum absolute atomic E-state index is 0.384. The maximum Gasteiger partial charge on any atom is 0.249 e. The smallest absolute Gasteiger partial charge is 0.249 e. The van der Waals surface area contributed by atoms with Crippen molar-refractivity contribution >= 4 is 5.91 Å². The van der Waals surface area contributed by atoms with E-state index in [1.54, 1.807) is 6.08 Å². The van der Waals surface area contributed by atoms with Crippen molar-refractivity contribution in [2.45, 2.75) is 212 Å². The molecule has 0 saturated heterocycles. The number of aliphatic hydroxyl groups excluding tert-OH is 3. The van der Waals surface area contributed by atoms with Crippen molar-refractivity contribution in [2.24, 2.45) is 0 Å². The van der Waals surface area contributed by atoms with E-state index in [-0.39, 0.29) is 6.61 Å². The Balaban J connectivity index is 3.79. The quantitative estimate of drug-likeness (QED) is 0.0393. The van der Waals surface area contributed by atoms with E-state index in [0.717, 1.165) is 51.4 Å². The van der Waals surface area contributed by atoms with Gasteiger partial charge in [0.15, 0.2) is 0 Å². The van der Waals surface area contributed by atoms with E-state index in [4.69, 9.17) is 0 Å². The second-order valence-electron chi connectivity index (χ2n) is 13.8. The van der Waals surface area contributed by atoms with E-state index in [0.29, 0.717) is 6.42 Å². The van der Waals surface area contributed by atoms with Crippen molar-refractivity contribution in [3.05, 3.63) is 48.6 Å². The molecule has 3 unspecified atom stereocenters. The molecular formula is C43H79NO4. The van der Waals surface area contributed by atoms with Gasteiger partial charge in [-0.25, -0.2) is 0 Å². The highest BCUT2D eigenvalue weighted by atomic mass is 16.3. The van der Waals surface area contributed by atoms with Gasteiger partial charge in [0, 0.05) is 0 Å². The zero-order valence-corrected chi connectivity index (χ0v) is 31.6. The summed E-state index contributed by atoms with van der Waals surface area (Å²) in [4.78, 5) is 12.4. The lowest BCUT2D eigenvalue weighted by molar-refractivity contribution is -0.131. The molecule has 280 valence electrons. The maximum absolute atomic E-state index is 12.4. The molecule has 0 spiro atoms. The van der Waals surface area contributed by atoms with Crippen molar-refractivity contribution < 1.29 is 20.1 Å². The van der Waals surface area contributed by atoms with Gasteiger partial charge in [-0.15, -0.1) is 0 Å². The van der Waals surface area contributed by atoms with E-state index in [1.165, 1.54) is 122 Å². The third-order valence-corrected chi connectivity index (χ3v) is 9.12. The molecule has 0 aromatic rings. The summed E-state index contributed by atoms with van der Waals surface area (Å²) in [5, 5.41) is 33.0. The van der Waals surface area contributed by atoms with Gasteiger partial charge in [-0.05, 0) is 70.6 Å². The minimum atomic E-state index is -1.11. The molecule has 0 radical (unpaired) electrons. The van der Waals surface area contributed by atoms with Crippen LogP contribution in [0, 0.1) is 0 Å². The Morgan fingerprint density at radius 2 is 0.854 bits per heavy atom. The number of unbranched alkanes of at least 4 members (excludes halogenated alkanes) is 22. The van der Waals surface area contributed by atoms with Crippen LogP contribution in [0.1, 0.15) is 194 Å². The lowest BCUT2D eigenvalue weighted by atomic mass is 10.0. The summed E-state index contributed by atoms with van der Waals surface area (Å²) in [6.45, 7) is 4.14. The van der Waals surface area contributed by atoms with E-state index < -0.39 is 24.2 Å². The molecule has 0 fully saturated rings. The normalized spacial score (nSPS) is 14.2. The zero-order chi connectivity index (χ0) is 35.2. The van der Waals surface area contributed by atoms with Gasteiger partial charge in [0.25, 0.3) is 0 Å². The van der Waals surface area contributed by atoms with Crippen molar-refractivity contribution in [3.8, 4) is 0 Å². The molecule has 4 N–H and O–H groups in total. The highest BCUT2D eigenvalue weighted by Crippen LogP contribution is 2.13. The molecule has 5 heteroatoms. The lowest BCUT2D eigenvalue weighted by Crippen LogP contribution is -2.48. The molecule has 48 heavy (non-hydrogen) atoms. The molecular weight excluding hydrogens is 594 g/mol. The highest BCUT2D eigenvalue weighted by molar-refractivity contribution is 5.80. The molecule has 3 atom stereocenters. The molecule has 0 bridgehead atoms. The standard InChI is InChI=1S/C43H79NO4/c1-3-5-7-9-11-13-15-17-19-21-22-24-26-28-30-32-34-36-38-42(47)43(48)44-40(39-45)41(46)37-35-33-31-29-27-25-23-20-18-16-14-12-10-8-6-4-2/h18,20-22,27,29,35,37,40-42,45-47H,3-17,19,23-26,28,30-34,36,38-39H2,1-2H3,(H,44,48)/b20-18+,22-21-,29-27+,37-35+. The molecule has 0 aliphatic carbocycles. The van der Waals surface area contributed by atoms with Crippen molar-refractivity contribution in [2.75, 3.05) is 6.61 Å². The minimum Gasteiger partial charge on any atom is -0.394 e. The SMILES string of the molecule is CCCCCCCC/C=C/CC/C=C/CC/C=C/C(O)C(CO)NC(=O)C(O)CCCCCCCC/C=C\CCCCCCCCCC. The van der Waals surface area contributed by atoms with E-state index in [1.807, 2.05) is 6.08 Å². The summed E-state index contributed by atoms with van der Waals surface area (Å²) in [6, 6.07) is -0.823. The van der Waals surface area contributed by atoms with E-state index in [2.05, 4.69) is 55.6 Å². The first kappa shape index (κ1) is 46.3. The van der Waals surface area contributed by atoms with Gasteiger partial charge in [0.1, 0.15) is 6.10 Å². The topological polar surface area (TPSA) is 89.8 Å². The maximum atomic E-state index is 12.4. The first-order chi connectivity index (χ1) is 23.6. The Hall–Kier alpha value is -1.69. The number of hydrogen-bond acceptors (Lipinski definition) is 4. The van der Waals surface area contributed by atoms with E-state index >= 15 is 0 Å². The highest BCUT2D eigenvalue weighted by Gasteiger charge is 2.22. The predicted octanol–water partition coefficient (Wildman–Crippen LogP) is 11.4. The van der Waals surface area contributed by atoms with Crippen LogP contribution in [-0.4, -0.2) is 46.1 Å². The van der Waals surface area contributed by atoms with Gasteiger partial charge in [0.2, 0.25) is 5.91 Å². The summed E-state index contributed by atoms with van der Waals surface area (Å²) in [7, 11) is 0. The number of rotatable bonds is 36. The summed E-state index contributed by atoms with van der Waals surface area (Å²) in [5.74, 6) is -0.524. The van der Waals surface area contributed by atoms with Crippen LogP contribution in [-0.2, 0) is 4.79 Å². The van der Waals surface area contributed by atoms with Crippen LogP contribution in [0.3, 0.4) is 0 Å². The largest absolute Gasteiger partial charge is 0.394 e. The van der Waals surface area contributed by atoms with Crippen LogP contribution in [0.5, 0.6) is 0 Å². The van der Waals surface area contributed by atoms with Crippen LogP contribution in [0.2, 0.25) is 0 Å². The Labute approximate surface area is 297 Å². The Morgan fingerprint density at radius 1 is 0.500 bits per heavy atom. The third-order valence-electron chi connectivity index (χ3n) is 9.12. The van der Waals surface area contributed by atoms with Gasteiger partial charge < -0.3 is 20.6 Å². The predicted molar refractivity (Wildman–Crippen MR) is 208 cm³/mol. The number of carbonyl (C=O) groups excluding carboxylic acids is 1. The van der Waals surface area contributed by atoms with Crippen molar-refractivity contribution in [1.29, 1.82) is 0 Å². The first-order valence-corrected chi connectivity index (χ1v) is 20.5. The molecule has 0 aromatic heterocycles. The number of nitrogens with one attached hydrogen (secondary N) is 1. The summed E-state index contributed by atoms with van der Waals surface area (Å²) in [6.07, 6.45) is 48.4. The number of allylic oxidation sites excluding steroid dienone is 7. The van der Waals surface area contributed by atoms with Crippen molar-refractivity contribution in [1.82, 2.24) is 5.32 Å². The average Bonchev–Trinajstić information content (AvgIpc) is 3.09. The second kappa shape index (κ2) is 38.1. The fourth-order valence-electron chi connectivity index (χ4n) is 5.86. The van der Waals surface area contributed by atoms with Gasteiger partial charge >= 0.3 is 0 Å². The summed E-state index contributed by atoms with van der Waals surface area (Å²) in [5.41, 5.74) is 0. The van der Waals surface area contributed by atoms with Gasteiger partial charge in [-0.2, -0.15) is 0 Å². The molecule has 5 nitrogen and oxygen atoms in total. The Morgan fingerprint density at radius 3 is 1.27 bits per heavy atom. The van der Waals surface area contributed by atoms with Crippen LogP contribution in [0.25, 0.3) is 0 Å². The third kappa shape index (κ3) is 32.8. The number of aliphatic hydroxyl groups is 3. The molecule has 0 aromatic carbocycles. The van der Waals surface area contributed by atoms with Crippen molar-refractivity contribution in [3.63, 3.8) is 0 Å². The monoisotopic (exact) mass is 674 g/mol. The Bertz CT molecular complexity index is 790. The molecule has 0 saturated carbocycles. The lowest BCUT2D eigenvalue weighted by Gasteiger charge is -2.21. The fraction of sp³-hybridized carbons (Fsp3) is 0.791. The molecule has 1 amide bonds. The van der Waals surface area contributed by atoms with Crippen LogP contribution in [0.15, 0.2) is 48.6 Å².